The Morgan fingerprint density at radius 1 is 1.11 bits per heavy atom. The van der Waals surface area contributed by atoms with E-state index in [0.717, 1.165) is 12.0 Å². The van der Waals surface area contributed by atoms with Gasteiger partial charge in [0.25, 0.3) is 11.8 Å². The second kappa shape index (κ2) is 12.3. The van der Waals surface area contributed by atoms with E-state index in [9.17, 15) is 14.4 Å². The van der Waals surface area contributed by atoms with Gasteiger partial charge in [0.15, 0.2) is 0 Å². The molecule has 2 saturated heterocycles. The molecule has 0 aliphatic carbocycles. The van der Waals surface area contributed by atoms with Crippen LogP contribution >= 0.6 is 12.4 Å². The van der Waals surface area contributed by atoms with Crippen LogP contribution in [0.3, 0.4) is 0 Å². The van der Waals surface area contributed by atoms with Crippen LogP contribution in [0.15, 0.2) is 60.7 Å². The number of piperidine rings is 1. The highest BCUT2D eigenvalue weighted by molar-refractivity contribution is 5.95. The summed E-state index contributed by atoms with van der Waals surface area (Å²) in [5, 5.41) is 9.39. The number of fused-ring (bicyclic) bond motifs is 1. The Kier molecular flexibility index (Phi) is 9.57. The summed E-state index contributed by atoms with van der Waals surface area (Å²) in [5.41, 5.74) is 6.40. The standard InChI is InChI=1S/C29H39N5O3.ClH/c1-28(2,30)26(36)32-23(16-10-15-21-11-6-4-7-12-21)25(35)34-24-17-18-31-20-29(24,27(37)33(34)3)19-22-13-8-5-9-14-22;/h4-9,11-14,23-24,31H,10,15-20,30H2,1-3H3,(H,32,36);1H/t23-,24?,29-;/m1./s1. The largest absolute Gasteiger partial charge is 0.343 e. The summed E-state index contributed by atoms with van der Waals surface area (Å²) >= 11 is 0. The molecular weight excluding hydrogens is 502 g/mol. The zero-order chi connectivity index (χ0) is 26.6. The lowest BCUT2D eigenvalue weighted by atomic mass is 9.72. The van der Waals surface area contributed by atoms with Gasteiger partial charge in [0.1, 0.15) is 6.04 Å². The van der Waals surface area contributed by atoms with Crippen LogP contribution in [0.2, 0.25) is 0 Å². The lowest BCUT2D eigenvalue weighted by molar-refractivity contribution is -0.156. The van der Waals surface area contributed by atoms with Crippen LogP contribution in [0.25, 0.3) is 0 Å². The van der Waals surface area contributed by atoms with Crippen LogP contribution in [0.5, 0.6) is 0 Å². The summed E-state index contributed by atoms with van der Waals surface area (Å²) in [6.07, 6.45) is 3.14. The van der Waals surface area contributed by atoms with E-state index in [-0.39, 0.29) is 36.2 Å². The Labute approximate surface area is 231 Å². The summed E-state index contributed by atoms with van der Waals surface area (Å²) < 4.78 is 0. The maximum absolute atomic E-state index is 14.1. The van der Waals surface area contributed by atoms with Crippen LogP contribution in [0.1, 0.15) is 44.2 Å². The Morgan fingerprint density at radius 3 is 2.32 bits per heavy atom. The van der Waals surface area contributed by atoms with Crippen molar-refractivity contribution in [1.82, 2.24) is 20.7 Å². The van der Waals surface area contributed by atoms with Crippen molar-refractivity contribution in [3.05, 3.63) is 71.8 Å². The molecular formula is C29H40ClN5O3. The van der Waals surface area contributed by atoms with Gasteiger partial charge in [0.2, 0.25) is 5.91 Å². The van der Waals surface area contributed by atoms with E-state index in [0.29, 0.717) is 38.8 Å². The predicted molar refractivity (Wildman–Crippen MR) is 150 cm³/mol. The number of aryl methyl sites for hydroxylation is 1. The minimum absolute atomic E-state index is 0. The molecule has 3 amide bonds. The molecule has 1 unspecified atom stereocenters. The molecule has 2 fully saturated rings. The number of hydrazine groups is 1. The Bertz CT molecular complexity index is 1110. The number of hydrogen-bond acceptors (Lipinski definition) is 5. The van der Waals surface area contributed by atoms with E-state index in [4.69, 9.17) is 5.73 Å². The van der Waals surface area contributed by atoms with Crippen LogP contribution in [0.4, 0.5) is 0 Å². The summed E-state index contributed by atoms with van der Waals surface area (Å²) in [4.78, 5) is 40.7. The smallest absolute Gasteiger partial charge is 0.264 e. The fourth-order valence-corrected chi connectivity index (χ4v) is 5.58. The number of carbonyl (C=O) groups excluding carboxylic acids is 3. The minimum Gasteiger partial charge on any atom is -0.343 e. The van der Waals surface area contributed by atoms with E-state index >= 15 is 0 Å². The SMILES string of the molecule is CN1C(=O)[C@]2(Cc3ccccc3)CNCCC2N1C(=O)[C@@H](CCCc1ccccc1)NC(=O)C(C)(C)N.Cl. The number of amides is 3. The molecule has 8 nitrogen and oxygen atoms in total. The van der Waals surface area contributed by atoms with E-state index in [2.05, 4.69) is 22.8 Å². The maximum atomic E-state index is 14.1. The topological polar surface area (TPSA) is 108 Å². The summed E-state index contributed by atoms with van der Waals surface area (Å²) in [6, 6.07) is 18.9. The molecule has 4 N–H and O–H groups in total. The number of hydrogen-bond donors (Lipinski definition) is 3. The first-order chi connectivity index (χ1) is 17.6. The van der Waals surface area contributed by atoms with Crippen LogP contribution in [-0.4, -0.2) is 65.5 Å². The van der Waals surface area contributed by atoms with Crippen molar-refractivity contribution in [3.8, 4) is 0 Å². The summed E-state index contributed by atoms with van der Waals surface area (Å²) in [7, 11) is 1.67. The van der Waals surface area contributed by atoms with Gasteiger partial charge in [-0.15, -0.1) is 12.4 Å². The van der Waals surface area contributed by atoms with Crippen molar-refractivity contribution >= 4 is 30.1 Å². The zero-order valence-corrected chi connectivity index (χ0v) is 23.3. The maximum Gasteiger partial charge on any atom is 0.264 e. The van der Waals surface area contributed by atoms with Gasteiger partial charge in [0.05, 0.1) is 17.0 Å². The fraction of sp³-hybridized carbons (Fsp3) is 0.483. The van der Waals surface area contributed by atoms with Gasteiger partial charge in [-0.3, -0.25) is 19.4 Å². The van der Waals surface area contributed by atoms with Crippen LogP contribution in [-0.2, 0) is 27.2 Å². The molecule has 4 rings (SSSR count). The Hall–Kier alpha value is -2.94. The van der Waals surface area contributed by atoms with E-state index in [1.807, 2.05) is 48.5 Å². The molecule has 0 bridgehead atoms. The predicted octanol–water partition coefficient (Wildman–Crippen LogP) is 2.46. The van der Waals surface area contributed by atoms with Gasteiger partial charge < -0.3 is 16.4 Å². The van der Waals surface area contributed by atoms with Crippen LogP contribution in [0, 0.1) is 5.41 Å². The van der Waals surface area contributed by atoms with Crippen molar-refractivity contribution in [2.75, 3.05) is 20.1 Å². The van der Waals surface area contributed by atoms with Crippen molar-refractivity contribution in [2.45, 2.75) is 63.6 Å². The van der Waals surface area contributed by atoms with Gasteiger partial charge >= 0.3 is 0 Å². The third-order valence-electron chi connectivity index (χ3n) is 7.59. The van der Waals surface area contributed by atoms with Gasteiger partial charge in [-0.25, -0.2) is 5.01 Å². The molecule has 2 heterocycles. The molecule has 3 atom stereocenters. The first kappa shape index (κ1) is 29.6. The number of rotatable bonds is 9. The van der Waals surface area contributed by atoms with Gasteiger partial charge in [0, 0.05) is 13.6 Å². The number of nitrogens with zero attached hydrogens (tertiary/aromatic N) is 2. The van der Waals surface area contributed by atoms with Crippen molar-refractivity contribution in [1.29, 1.82) is 0 Å². The average Bonchev–Trinajstić information content (AvgIpc) is 3.10. The summed E-state index contributed by atoms with van der Waals surface area (Å²) in [5.74, 6) is -0.724. The molecule has 2 aromatic rings. The molecule has 9 heteroatoms. The van der Waals surface area contributed by atoms with Gasteiger partial charge in [-0.2, -0.15) is 0 Å². The second-order valence-corrected chi connectivity index (χ2v) is 10.9. The molecule has 0 saturated carbocycles. The first-order valence-corrected chi connectivity index (χ1v) is 13.1. The minimum atomic E-state index is -1.13. The number of nitrogens with two attached hydrogens (primary N) is 1. The molecule has 2 aliphatic rings. The molecule has 0 spiro atoms. The Balaban J connectivity index is 0.00000400. The van der Waals surface area contributed by atoms with Crippen LogP contribution < -0.4 is 16.4 Å². The number of nitrogens with one attached hydrogen (secondary N) is 2. The van der Waals surface area contributed by atoms with E-state index < -0.39 is 17.0 Å². The van der Waals surface area contributed by atoms with Crippen molar-refractivity contribution < 1.29 is 14.4 Å². The fourth-order valence-electron chi connectivity index (χ4n) is 5.58. The number of carbonyl (C=O) groups is 3. The molecule has 0 radical (unpaired) electrons. The molecule has 206 valence electrons. The third kappa shape index (κ3) is 6.20. The number of halogens is 1. The van der Waals surface area contributed by atoms with Crippen molar-refractivity contribution in [3.63, 3.8) is 0 Å². The normalized spacial score (nSPS) is 21.9. The highest BCUT2D eigenvalue weighted by Gasteiger charge is 2.60. The molecule has 38 heavy (non-hydrogen) atoms. The lowest BCUT2D eigenvalue weighted by Crippen LogP contribution is -2.60. The molecule has 2 aromatic carbocycles. The van der Waals surface area contributed by atoms with Gasteiger partial charge in [-0.1, -0.05) is 60.7 Å². The number of benzene rings is 2. The average molecular weight is 542 g/mol. The third-order valence-corrected chi connectivity index (χ3v) is 7.59. The zero-order valence-electron chi connectivity index (χ0n) is 22.5. The molecule has 2 aliphatic heterocycles. The van der Waals surface area contributed by atoms with Crippen molar-refractivity contribution in [2.24, 2.45) is 11.1 Å². The van der Waals surface area contributed by atoms with Gasteiger partial charge in [-0.05, 0) is 63.6 Å². The second-order valence-electron chi connectivity index (χ2n) is 10.9. The molecule has 0 aromatic heterocycles. The van der Waals surface area contributed by atoms with E-state index in [1.165, 1.54) is 10.6 Å². The lowest BCUT2D eigenvalue weighted by Gasteiger charge is -2.40. The highest BCUT2D eigenvalue weighted by Crippen LogP contribution is 2.42. The Morgan fingerprint density at radius 2 is 1.71 bits per heavy atom. The quantitative estimate of drug-likeness (QED) is 0.452. The van der Waals surface area contributed by atoms with E-state index in [1.54, 1.807) is 25.9 Å². The first-order valence-electron chi connectivity index (χ1n) is 13.1. The highest BCUT2D eigenvalue weighted by atomic mass is 35.5. The monoisotopic (exact) mass is 541 g/mol. The summed E-state index contributed by atoms with van der Waals surface area (Å²) in [6.45, 7) is 4.46.